The van der Waals surface area contributed by atoms with Crippen molar-refractivity contribution in [3.63, 3.8) is 0 Å². The van der Waals surface area contributed by atoms with E-state index in [9.17, 15) is 9.59 Å². The van der Waals surface area contributed by atoms with E-state index in [1.54, 1.807) is 0 Å². The van der Waals surface area contributed by atoms with Gasteiger partial charge in [-0.05, 0) is 43.9 Å². The van der Waals surface area contributed by atoms with E-state index in [-0.39, 0.29) is 17.4 Å². The van der Waals surface area contributed by atoms with E-state index in [1.165, 1.54) is 0 Å². The Morgan fingerprint density at radius 2 is 2.15 bits per heavy atom. The summed E-state index contributed by atoms with van der Waals surface area (Å²) in [5.41, 5.74) is 3.33. The minimum absolute atomic E-state index is 0.0387. The van der Waals surface area contributed by atoms with Gasteiger partial charge in [0, 0.05) is 22.6 Å². The Kier molecular flexibility index (Phi) is 3.08. The lowest BCUT2D eigenvalue weighted by atomic mass is 10.0. The van der Waals surface area contributed by atoms with Crippen molar-refractivity contribution in [1.29, 1.82) is 0 Å². The van der Waals surface area contributed by atoms with Crippen LogP contribution in [0.1, 0.15) is 30.9 Å². The van der Waals surface area contributed by atoms with Gasteiger partial charge < -0.3 is 10.3 Å². The molecule has 1 aromatic carbocycles. The molecular weight excluding hydrogens is 252 g/mol. The molecule has 1 aliphatic carbocycles. The second-order valence-corrected chi connectivity index (χ2v) is 5.44. The van der Waals surface area contributed by atoms with Crippen LogP contribution in [0.2, 0.25) is 0 Å². The Hall–Kier alpha value is -2.10. The Labute approximate surface area is 117 Å². The molecule has 1 aliphatic rings. The lowest BCUT2D eigenvalue weighted by Crippen LogP contribution is -2.15. The summed E-state index contributed by atoms with van der Waals surface area (Å²) >= 11 is 0. The molecule has 0 radical (unpaired) electrons. The summed E-state index contributed by atoms with van der Waals surface area (Å²) in [7, 11) is 0. The maximum atomic E-state index is 12.0. The fraction of sp³-hybridized carbons (Fsp3) is 0.375. The van der Waals surface area contributed by atoms with Gasteiger partial charge in [0.15, 0.2) is 0 Å². The van der Waals surface area contributed by atoms with Crippen molar-refractivity contribution < 1.29 is 4.79 Å². The van der Waals surface area contributed by atoms with E-state index in [0.717, 1.165) is 47.0 Å². The first-order valence-corrected chi connectivity index (χ1v) is 7.06. The summed E-state index contributed by atoms with van der Waals surface area (Å²) in [5, 5.41) is 3.94. The van der Waals surface area contributed by atoms with Crippen molar-refractivity contribution in [3.05, 3.63) is 39.7 Å². The van der Waals surface area contributed by atoms with Crippen LogP contribution < -0.4 is 10.9 Å². The van der Waals surface area contributed by atoms with Crippen molar-refractivity contribution in [2.24, 2.45) is 5.92 Å². The quantitative estimate of drug-likeness (QED) is 0.900. The molecule has 1 amide bonds. The van der Waals surface area contributed by atoms with E-state index in [2.05, 4.69) is 10.3 Å². The van der Waals surface area contributed by atoms with Gasteiger partial charge in [-0.15, -0.1) is 0 Å². The average Bonchev–Trinajstić information content (AvgIpc) is 3.23. The number of hydrogen-bond acceptors (Lipinski definition) is 2. The summed E-state index contributed by atoms with van der Waals surface area (Å²) in [6.45, 7) is 3.95. The lowest BCUT2D eigenvalue weighted by Gasteiger charge is -2.09. The first kappa shape index (κ1) is 12.9. The van der Waals surface area contributed by atoms with E-state index in [0.29, 0.717) is 0 Å². The van der Waals surface area contributed by atoms with E-state index in [1.807, 2.05) is 32.0 Å². The molecule has 1 saturated carbocycles. The van der Waals surface area contributed by atoms with Crippen LogP contribution in [0.4, 0.5) is 5.69 Å². The topological polar surface area (TPSA) is 62.0 Å². The Morgan fingerprint density at radius 1 is 1.40 bits per heavy atom. The standard InChI is InChI=1S/C16H18N2O2/c1-3-12-9(2)13-7-6-11(8-14(13)18-16(12)20)17-15(19)10-4-5-10/h6-8,10H,3-5H2,1-2H3,(H,17,19)(H,18,20). The number of carbonyl (C=O) groups is 1. The molecule has 1 aromatic heterocycles. The highest BCUT2D eigenvalue weighted by Crippen LogP contribution is 2.30. The van der Waals surface area contributed by atoms with Gasteiger partial charge in [-0.1, -0.05) is 13.0 Å². The Bertz CT molecular complexity index is 742. The maximum Gasteiger partial charge on any atom is 0.251 e. The van der Waals surface area contributed by atoms with Crippen molar-refractivity contribution in [2.45, 2.75) is 33.1 Å². The molecule has 0 atom stereocenters. The number of hydrogen-bond donors (Lipinski definition) is 2. The predicted molar refractivity (Wildman–Crippen MR) is 80.0 cm³/mol. The predicted octanol–water partition coefficient (Wildman–Crippen LogP) is 2.75. The summed E-state index contributed by atoms with van der Waals surface area (Å²) in [4.78, 5) is 26.7. The number of amides is 1. The number of H-pyrrole nitrogens is 1. The third-order valence-corrected chi connectivity index (χ3v) is 3.97. The first-order chi connectivity index (χ1) is 9.60. The molecule has 20 heavy (non-hydrogen) atoms. The molecule has 0 unspecified atom stereocenters. The summed E-state index contributed by atoms with van der Waals surface area (Å²) in [5.74, 6) is 0.252. The molecule has 1 heterocycles. The normalized spacial score (nSPS) is 14.5. The van der Waals surface area contributed by atoms with Crippen LogP contribution in [0.3, 0.4) is 0 Å². The molecular formula is C16H18N2O2. The highest BCUT2D eigenvalue weighted by Gasteiger charge is 2.29. The van der Waals surface area contributed by atoms with Crippen LogP contribution in [0, 0.1) is 12.8 Å². The van der Waals surface area contributed by atoms with Crippen LogP contribution in [0.25, 0.3) is 10.9 Å². The molecule has 0 bridgehead atoms. The van der Waals surface area contributed by atoms with Crippen LogP contribution in [-0.2, 0) is 11.2 Å². The average molecular weight is 270 g/mol. The Morgan fingerprint density at radius 3 is 2.80 bits per heavy atom. The first-order valence-electron chi connectivity index (χ1n) is 7.06. The number of carbonyl (C=O) groups excluding carboxylic acids is 1. The number of benzene rings is 1. The zero-order valence-electron chi connectivity index (χ0n) is 11.7. The summed E-state index contributed by atoms with van der Waals surface area (Å²) < 4.78 is 0. The second kappa shape index (κ2) is 4.78. The SMILES string of the molecule is CCc1c(C)c2ccc(NC(=O)C3CC3)cc2[nH]c1=O. The van der Waals surface area contributed by atoms with E-state index in [4.69, 9.17) is 0 Å². The van der Waals surface area contributed by atoms with Gasteiger partial charge in [-0.25, -0.2) is 0 Å². The number of aromatic nitrogens is 1. The number of rotatable bonds is 3. The number of aromatic amines is 1. The van der Waals surface area contributed by atoms with Gasteiger partial charge in [0.05, 0.1) is 5.52 Å². The fourth-order valence-corrected chi connectivity index (χ4v) is 2.60. The van der Waals surface area contributed by atoms with E-state index >= 15 is 0 Å². The van der Waals surface area contributed by atoms with Crippen molar-refractivity contribution in [3.8, 4) is 0 Å². The minimum atomic E-state index is -0.0387. The molecule has 0 spiro atoms. The third kappa shape index (κ3) is 2.22. The molecule has 3 rings (SSSR count). The van der Waals surface area contributed by atoms with Crippen molar-refractivity contribution in [1.82, 2.24) is 4.98 Å². The molecule has 1 fully saturated rings. The van der Waals surface area contributed by atoms with Crippen LogP contribution in [-0.4, -0.2) is 10.9 Å². The smallest absolute Gasteiger partial charge is 0.251 e. The number of pyridine rings is 1. The number of nitrogens with one attached hydrogen (secondary N) is 2. The minimum Gasteiger partial charge on any atom is -0.326 e. The molecule has 0 aliphatic heterocycles. The molecule has 2 aromatic rings. The zero-order chi connectivity index (χ0) is 14.3. The number of aryl methyl sites for hydroxylation is 1. The van der Waals surface area contributed by atoms with Gasteiger partial charge >= 0.3 is 0 Å². The highest BCUT2D eigenvalue weighted by molar-refractivity contribution is 5.96. The van der Waals surface area contributed by atoms with Crippen molar-refractivity contribution in [2.75, 3.05) is 5.32 Å². The monoisotopic (exact) mass is 270 g/mol. The Balaban J connectivity index is 2.02. The highest BCUT2D eigenvalue weighted by atomic mass is 16.2. The van der Waals surface area contributed by atoms with Gasteiger partial charge in [0.1, 0.15) is 0 Å². The second-order valence-electron chi connectivity index (χ2n) is 5.44. The van der Waals surface area contributed by atoms with Crippen LogP contribution >= 0.6 is 0 Å². The molecule has 4 nitrogen and oxygen atoms in total. The number of fused-ring (bicyclic) bond motifs is 1. The van der Waals surface area contributed by atoms with Gasteiger partial charge in [0.2, 0.25) is 5.91 Å². The summed E-state index contributed by atoms with van der Waals surface area (Å²) in [6.07, 6.45) is 2.68. The molecule has 4 heteroatoms. The van der Waals surface area contributed by atoms with Gasteiger partial charge in [-0.3, -0.25) is 9.59 Å². The molecule has 0 saturated heterocycles. The summed E-state index contributed by atoms with van der Waals surface area (Å²) in [6, 6.07) is 5.69. The maximum absolute atomic E-state index is 12.0. The van der Waals surface area contributed by atoms with Crippen LogP contribution in [0.15, 0.2) is 23.0 Å². The zero-order valence-corrected chi connectivity index (χ0v) is 11.7. The molecule has 2 N–H and O–H groups in total. The van der Waals surface area contributed by atoms with Gasteiger partial charge in [0.25, 0.3) is 5.56 Å². The molecule has 104 valence electrons. The fourth-order valence-electron chi connectivity index (χ4n) is 2.60. The van der Waals surface area contributed by atoms with Crippen molar-refractivity contribution >= 4 is 22.5 Å². The third-order valence-electron chi connectivity index (χ3n) is 3.97. The number of anilines is 1. The van der Waals surface area contributed by atoms with Gasteiger partial charge in [-0.2, -0.15) is 0 Å². The van der Waals surface area contributed by atoms with E-state index < -0.39 is 0 Å². The largest absolute Gasteiger partial charge is 0.326 e. The lowest BCUT2D eigenvalue weighted by molar-refractivity contribution is -0.117. The van der Waals surface area contributed by atoms with Crippen LogP contribution in [0.5, 0.6) is 0 Å².